The van der Waals surface area contributed by atoms with E-state index < -0.39 is 6.03 Å². The van der Waals surface area contributed by atoms with Gasteiger partial charge in [-0.25, -0.2) is 9.18 Å². The molecule has 0 saturated carbocycles. The molecule has 1 aliphatic rings. The molecule has 7 heteroatoms. The minimum Gasteiger partial charge on any atom is -0.497 e. The number of piperidine rings is 1. The first-order valence-corrected chi connectivity index (χ1v) is 9.71. The van der Waals surface area contributed by atoms with Gasteiger partial charge in [0.1, 0.15) is 17.4 Å². The summed E-state index contributed by atoms with van der Waals surface area (Å²) in [6.07, 6.45) is 1.83. The number of ether oxygens (including phenoxy) is 1. The predicted molar refractivity (Wildman–Crippen MR) is 113 cm³/mol. The topological polar surface area (TPSA) is 79.9 Å². The van der Waals surface area contributed by atoms with Gasteiger partial charge in [0.25, 0.3) is 0 Å². The highest BCUT2D eigenvalue weighted by molar-refractivity contribution is 6.00. The molecule has 3 rings (SSSR count). The Bertz CT molecular complexity index is 883. The number of methoxy groups -OCH3 is 1. The number of halogens is 1. The minimum absolute atomic E-state index is 0.000614. The first-order valence-electron chi connectivity index (χ1n) is 9.71. The Morgan fingerprint density at radius 3 is 2.76 bits per heavy atom. The average Bonchev–Trinajstić information content (AvgIpc) is 2.71. The number of carbonyl (C=O) groups excluding carboxylic acids is 1. The van der Waals surface area contributed by atoms with Gasteiger partial charge in [0, 0.05) is 24.7 Å². The fourth-order valence-corrected chi connectivity index (χ4v) is 3.47. The Morgan fingerprint density at radius 2 is 2.07 bits per heavy atom. The van der Waals surface area contributed by atoms with Gasteiger partial charge >= 0.3 is 6.03 Å². The summed E-state index contributed by atoms with van der Waals surface area (Å²) in [5, 5.41) is 2.71. The molecule has 0 aromatic heterocycles. The summed E-state index contributed by atoms with van der Waals surface area (Å²) in [6.45, 7) is 4.02. The van der Waals surface area contributed by atoms with Crippen LogP contribution in [-0.2, 0) is 6.54 Å². The summed E-state index contributed by atoms with van der Waals surface area (Å²) in [4.78, 5) is 18.5. The molecule has 6 nitrogen and oxygen atoms in total. The summed E-state index contributed by atoms with van der Waals surface area (Å²) in [7, 11) is 1.58. The second kappa shape index (κ2) is 9.52. The predicted octanol–water partition coefficient (Wildman–Crippen LogP) is 3.94. The lowest BCUT2D eigenvalue weighted by Crippen LogP contribution is -2.41. The van der Waals surface area contributed by atoms with Crippen molar-refractivity contribution in [3.05, 3.63) is 59.4 Å². The molecule has 1 fully saturated rings. The van der Waals surface area contributed by atoms with Crippen LogP contribution in [-0.4, -0.2) is 37.0 Å². The highest BCUT2D eigenvalue weighted by Crippen LogP contribution is 2.20. The number of urea groups is 1. The van der Waals surface area contributed by atoms with Crippen molar-refractivity contribution < 1.29 is 13.9 Å². The molecule has 0 radical (unpaired) electrons. The number of anilines is 1. The molecule has 1 heterocycles. The van der Waals surface area contributed by atoms with E-state index in [2.05, 4.69) is 15.2 Å². The number of carbonyl (C=O) groups is 1. The van der Waals surface area contributed by atoms with E-state index in [1.165, 1.54) is 0 Å². The van der Waals surface area contributed by atoms with Crippen LogP contribution in [0, 0.1) is 18.7 Å². The van der Waals surface area contributed by atoms with Crippen molar-refractivity contribution in [3.63, 3.8) is 0 Å². The molecule has 2 amide bonds. The van der Waals surface area contributed by atoms with Crippen molar-refractivity contribution in [2.45, 2.75) is 26.3 Å². The molecule has 0 bridgehead atoms. The molecule has 0 spiro atoms. The van der Waals surface area contributed by atoms with Crippen LogP contribution < -0.4 is 15.8 Å². The van der Waals surface area contributed by atoms with E-state index in [1.807, 2.05) is 6.07 Å². The van der Waals surface area contributed by atoms with E-state index in [4.69, 9.17) is 10.5 Å². The standard InChI is InChI=1S/C22H27FN4O2/c1-15-5-6-16(12-20(15)23)13-27-11-3-4-17(14-27)21(24)26-22(28)25-18-7-9-19(29-2)10-8-18/h5-10,12,17H,3-4,11,13-14H2,1-2H3,(H3,24,25,26,28). The van der Waals surface area contributed by atoms with E-state index in [0.29, 0.717) is 35.9 Å². The van der Waals surface area contributed by atoms with Gasteiger partial charge in [-0.15, -0.1) is 0 Å². The van der Waals surface area contributed by atoms with Crippen molar-refractivity contribution >= 4 is 17.6 Å². The zero-order valence-electron chi connectivity index (χ0n) is 16.8. The molecule has 1 saturated heterocycles. The maximum absolute atomic E-state index is 13.8. The van der Waals surface area contributed by atoms with Crippen LogP contribution in [0.25, 0.3) is 0 Å². The van der Waals surface area contributed by atoms with Crippen LogP contribution in [0.3, 0.4) is 0 Å². The minimum atomic E-state index is -0.495. The average molecular weight is 398 g/mol. The Labute approximate surface area is 170 Å². The zero-order valence-corrected chi connectivity index (χ0v) is 16.8. The summed E-state index contributed by atoms with van der Waals surface area (Å²) < 4.78 is 18.9. The van der Waals surface area contributed by atoms with Crippen molar-refractivity contribution in [1.29, 1.82) is 0 Å². The normalized spacial score (nSPS) is 17.8. The number of nitrogens with zero attached hydrogens (tertiary/aromatic N) is 2. The second-order valence-corrected chi connectivity index (χ2v) is 7.35. The van der Waals surface area contributed by atoms with Crippen molar-refractivity contribution in [2.75, 3.05) is 25.5 Å². The summed E-state index contributed by atoms with van der Waals surface area (Å²) >= 11 is 0. The largest absolute Gasteiger partial charge is 0.497 e. The maximum Gasteiger partial charge on any atom is 0.347 e. The first kappa shape index (κ1) is 20.8. The van der Waals surface area contributed by atoms with Crippen LogP contribution in [0.2, 0.25) is 0 Å². The van der Waals surface area contributed by atoms with Gasteiger partial charge < -0.3 is 15.8 Å². The summed E-state index contributed by atoms with van der Waals surface area (Å²) in [6, 6.07) is 11.8. The molecule has 1 aliphatic heterocycles. The second-order valence-electron chi connectivity index (χ2n) is 7.35. The van der Waals surface area contributed by atoms with E-state index >= 15 is 0 Å². The molecule has 3 N–H and O–H groups in total. The van der Waals surface area contributed by atoms with E-state index in [1.54, 1.807) is 50.4 Å². The highest BCUT2D eigenvalue weighted by atomic mass is 19.1. The van der Waals surface area contributed by atoms with Gasteiger partial charge in [0.2, 0.25) is 0 Å². The third-order valence-electron chi connectivity index (χ3n) is 5.14. The number of hydrogen-bond acceptors (Lipinski definition) is 3. The lowest BCUT2D eigenvalue weighted by Gasteiger charge is -2.32. The number of nitrogens with one attached hydrogen (secondary N) is 1. The number of aryl methyl sites for hydroxylation is 1. The van der Waals surface area contributed by atoms with Gasteiger partial charge in [-0.1, -0.05) is 12.1 Å². The number of likely N-dealkylation sites (tertiary alicyclic amines) is 1. The number of nitrogens with two attached hydrogens (primary N) is 1. The van der Waals surface area contributed by atoms with Gasteiger partial charge in [0.15, 0.2) is 0 Å². The van der Waals surface area contributed by atoms with Crippen LogP contribution >= 0.6 is 0 Å². The Balaban J connectivity index is 1.58. The lowest BCUT2D eigenvalue weighted by atomic mass is 9.96. The Kier molecular flexibility index (Phi) is 6.82. The van der Waals surface area contributed by atoms with Crippen LogP contribution in [0.1, 0.15) is 24.0 Å². The first-order chi connectivity index (χ1) is 13.9. The molecular formula is C22H27FN4O2. The van der Waals surface area contributed by atoms with Crippen LogP contribution in [0.4, 0.5) is 14.9 Å². The number of amides is 2. The van der Waals surface area contributed by atoms with Crippen molar-refractivity contribution in [1.82, 2.24) is 4.90 Å². The molecule has 1 atom stereocenters. The fraction of sp³-hybridized carbons (Fsp3) is 0.364. The SMILES string of the molecule is COc1ccc(NC(=O)/N=C(\N)C2CCCN(Cc3ccc(C)c(F)c3)C2)cc1. The highest BCUT2D eigenvalue weighted by Gasteiger charge is 2.23. The smallest absolute Gasteiger partial charge is 0.347 e. The molecule has 0 aliphatic carbocycles. The monoisotopic (exact) mass is 398 g/mol. The van der Waals surface area contributed by atoms with E-state index in [-0.39, 0.29) is 11.7 Å². The molecule has 29 heavy (non-hydrogen) atoms. The van der Waals surface area contributed by atoms with Crippen molar-refractivity contribution in [3.8, 4) is 5.75 Å². The van der Waals surface area contributed by atoms with Crippen molar-refractivity contribution in [2.24, 2.45) is 16.6 Å². The van der Waals surface area contributed by atoms with Crippen LogP contribution in [0.15, 0.2) is 47.5 Å². The van der Waals surface area contributed by atoms with E-state index in [0.717, 1.165) is 24.9 Å². The van der Waals surface area contributed by atoms with Gasteiger partial charge in [0.05, 0.1) is 7.11 Å². The number of hydrogen-bond donors (Lipinski definition) is 2. The quantitative estimate of drug-likeness (QED) is 0.590. The number of benzene rings is 2. The molecule has 2 aromatic carbocycles. The molecule has 154 valence electrons. The number of amidine groups is 1. The number of aliphatic imine (C=N–C) groups is 1. The Morgan fingerprint density at radius 1 is 1.31 bits per heavy atom. The van der Waals surface area contributed by atoms with Gasteiger partial charge in [-0.3, -0.25) is 4.90 Å². The van der Waals surface area contributed by atoms with E-state index in [9.17, 15) is 9.18 Å². The summed E-state index contributed by atoms with van der Waals surface area (Å²) in [5.41, 5.74) is 8.33. The maximum atomic E-state index is 13.8. The zero-order chi connectivity index (χ0) is 20.8. The third-order valence-corrected chi connectivity index (χ3v) is 5.14. The van der Waals surface area contributed by atoms with Gasteiger partial charge in [-0.2, -0.15) is 4.99 Å². The van der Waals surface area contributed by atoms with Gasteiger partial charge in [-0.05, 0) is 67.8 Å². The molecular weight excluding hydrogens is 371 g/mol. The number of rotatable bonds is 5. The Hall–Kier alpha value is -2.93. The lowest BCUT2D eigenvalue weighted by molar-refractivity contribution is 0.196. The summed E-state index contributed by atoms with van der Waals surface area (Å²) in [5.74, 6) is 0.852. The molecule has 2 aromatic rings. The third kappa shape index (κ3) is 5.77. The van der Waals surface area contributed by atoms with Crippen LogP contribution in [0.5, 0.6) is 5.75 Å². The fourth-order valence-electron chi connectivity index (χ4n) is 3.47. The molecule has 1 unspecified atom stereocenters.